The van der Waals surface area contributed by atoms with Crippen molar-refractivity contribution in [3.05, 3.63) is 34.5 Å². The topological polar surface area (TPSA) is 62.5 Å². The fourth-order valence-corrected chi connectivity index (χ4v) is 3.34. The molecule has 1 aromatic heterocycles. The van der Waals surface area contributed by atoms with E-state index in [1.807, 2.05) is 6.07 Å². The zero-order chi connectivity index (χ0) is 17.0. The molecule has 2 aromatic rings. The Balaban J connectivity index is 2.73. The molecule has 4 nitrogen and oxygen atoms in total. The van der Waals surface area contributed by atoms with E-state index in [1.165, 1.54) is 11.3 Å². The molecule has 0 unspecified atom stereocenters. The molecular formula is C19H27NO3. The Morgan fingerprint density at radius 2 is 1.96 bits per heavy atom. The first-order chi connectivity index (χ1) is 11.0. The number of carboxylic acids is 1. The SMILES string of the molecule is CCCCc1c(C)n(CCCO)c2c(CC)cc(C(=O)O)cc12. The number of aliphatic hydroxyl groups is 1. The number of hydrogen-bond acceptors (Lipinski definition) is 2. The van der Waals surface area contributed by atoms with Crippen LogP contribution in [0, 0.1) is 6.92 Å². The second-order valence-electron chi connectivity index (χ2n) is 6.09. The summed E-state index contributed by atoms with van der Waals surface area (Å²) in [7, 11) is 0. The van der Waals surface area contributed by atoms with Crippen molar-refractivity contribution < 1.29 is 15.0 Å². The van der Waals surface area contributed by atoms with Crippen LogP contribution in [0.25, 0.3) is 10.9 Å². The highest BCUT2D eigenvalue weighted by atomic mass is 16.4. The Bertz CT molecular complexity index is 700. The third-order valence-electron chi connectivity index (χ3n) is 4.57. The molecule has 0 atom stereocenters. The minimum absolute atomic E-state index is 0.165. The van der Waals surface area contributed by atoms with E-state index in [0.29, 0.717) is 12.0 Å². The summed E-state index contributed by atoms with van der Waals surface area (Å²) in [5.41, 5.74) is 5.06. The van der Waals surface area contributed by atoms with E-state index < -0.39 is 5.97 Å². The summed E-state index contributed by atoms with van der Waals surface area (Å²) in [5.74, 6) is -0.871. The Hall–Kier alpha value is -1.81. The summed E-state index contributed by atoms with van der Waals surface area (Å²) < 4.78 is 2.26. The zero-order valence-electron chi connectivity index (χ0n) is 14.4. The number of aromatic nitrogens is 1. The van der Waals surface area contributed by atoms with E-state index in [0.717, 1.165) is 48.7 Å². The van der Waals surface area contributed by atoms with Gasteiger partial charge in [0, 0.05) is 24.2 Å². The number of rotatable bonds is 8. The van der Waals surface area contributed by atoms with Crippen LogP contribution in [0.2, 0.25) is 0 Å². The van der Waals surface area contributed by atoms with E-state index in [2.05, 4.69) is 25.3 Å². The second-order valence-corrected chi connectivity index (χ2v) is 6.09. The van der Waals surface area contributed by atoms with Crippen molar-refractivity contribution >= 4 is 16.9 Å². The van der Waals surface area contributed by atoms with Gasteiger partial charge in [-0.2, -0.15) is 0 Å². The van der Waals surface area contributed by atoms with Crippen LogP contribution in [-0.2, 0) is 19.4 Å². The molecule has 0 aliphatic heterocycles. The molecule has 0 aliphatic carbocycles. The highest BCUT2D eigenvalue weighted by Crippen LogP contribution is 2.32. The Morgan fingerprint density at radius 1 is 1.22 bits per heavy atom. The molecule has 0 spiro atoms. The Morgan fingerprint density at radius 3 is 2.52 bits per heavy atom. The van der Waals surface area contributed by atoms with Crippen LogP contribution in [0.15, 0.2) is 12.1 Å². The summed E-state index contributed by atoms with van der Waals surface area (Å²) in [5, 5.41) is 19.7. The molecule has 0 saturated heterocycles. The highest BCUT2D eigenvalue weighted by molar-refractivity contribution is 5.97. The quantitative estimate of drug-likeness (QED) is 0.775. The summed E-state index contributed by atoms with van der Waals surface area (Å²) in [6.45, 7) is 7.27. The number of fused-ring (bicyclic) bond motifs is 1. The normalized spacial score (nSPS) is 11.3. The van der Waals surface area contributed by atoms with Crippen molar-refractivity contribution in [3.63, 3.8) is 0 Å². The molecule has 0 saturated carbocycles. The number of hydrogen-bond donors (Lipinski definition) is 2. The number of carboxylic acid groups (broad SMARTS) is 1. The number of benzene rings is 1. The molecular weight excluding hydrogens is 290 g/mol. The van der Waals surface area contributed by atoms with E-state index in [4.69, 9.17) is 0 Å². The lowest BCUT2D eigenvalue weighted by Crippen LogP contribution is -2.05. The lowest BCUT2D eigenvalue weighted by atomic mass is 9.99. The first kappa shape index (κ1) is 17.5. The molecule has 0 fully saturated rings. The highest BCUT2D eigenvalue weighted by Gasteiger charge is 2.18. The first-order valence-electron chi connectivity index (χ1n) is 8.53. The van der Waals surface area contributed by atoms with Gasteiger partial charge in [0.25, 0.3) is 0 Å². The van der Waals surface area contributed by atoms with Crippen LogP contribution < -0.4 is 0 Å². The number of aromatic carboxylic acids is 1. The van der Waals surface area contributed by atoms with Crippen molar-refractivity contribution in [2.75, 3.05) is 6.61 Å². The maximum absolute atomic E-state index is 11.5. The van der Waals surface area contributed by atoms with Gasteiger partial charge in [-0.25, -0.2) is 4.79 Å². The third-order valence-corrected chi connectivity index (χ3v) is 4.57. The van der Waals surface area contributed by atoms with Crippen LogP contribution in [0.5, 0.6) is 0 Å². The lowest BCUT2D eigenvalue weighted by Gasteiger charge is -2.11. The Kier molecular flexibility index (Phi) is 5.83. The van der Waals surface area contributed by atoms with Gasteiger partial charge in [-0.15, -0.1) is 0 Å². The van der Waals surface area contributed by atoms with Gasteiger partial charge in [0.2, 0.25) is 0 Å². The molecule has 1 aromatic carbocycles. The molecule has 0 amide bonds. The zero-order valence-corrected chi connectivity index (χ0v) is 14.4. The third kappa shape index (κ3) is 3.42. The number of aliphatic hydroxyl groups excluding tert-OH is 1. The number of aryl methyl sites for hydroxylation is 3. The average Bonchev–Trinajstić information content (AvgIpc) is 2.81. The minimum atomic E-state index is -0.871. The molecule has 0 radical (unpaired) electrons. The maximum Gasteiger partial charge on any atom is 0.335 e. The molecule has 1 heterocycles. The first-order valence-corrected chi connectivity index (χ1v) is 8.53. The minimum Gasteiger partial charge on any atom is -0.478 e. The van der Waals surface area contributed by atoms with Crippen LogP contribution in [0.1, 0.15) is 60.3 Å². The second kappa shape index (κ2) is 7.64. The summed E-state index contributed by atoms with van der Waals surface area (Å²) in [6, 6.07) is 3.62. The van der Waals surface area contributed by atoms with E-state index >= 15 is 0 Å². The molecule has 2 rings (SSSR count). The van der Waals surface area contributed by atoms with Crippen LogP contribution in [0.4, 0.5) is 0 Å². The molecule has 23 heavy (non-hydrogen) atoms. The molecule has 2 N–H and O–H groups in total. The van der Waals surface area contributed by atoms with E-state index in [-0.39, 0.29) is 6.61 Å². The number of carbonyl (C=O) groups is 1. The molecule has 0 bridgehead atoms. The largest absolute Gasteiger partial charge is 0.478 e. The average molecular weight is 317 g/mol. The summed E-state index contributed by atoms with van der Waals surface area (Å²) >= 11 is 0. The summed E-state index contributed by atoms with van der Waals surface area (Å²) in [4.78, 5) is 11.5. The predicted octanol–water partition coefficient (Wildman–Crippen LogP) is 3.94. The van der Waals surface area contributed by atoms with Crippen LogP contribution >= 0.6 is 0 Å². The standard InChI is InChI=1S/C19H27NO3/c1-4-6-8-16-13(3)20(9-7-10-21)18-14(5-2)11-15(19(22)23)12-17(16)18/h11-12,21H,4-10H2,1-3H3,(H,22,23). The van der Waals surface area contributed by atoms with Gasteiger partial charge in [-0.3, -0.25) is 0 Å². The van der Waals surface area contributed by atoms with Gasteiger partial charge in [0.1, 0.15) is 0 Å². The van der Waals surface area contributed by atoms with Crippen molar-refractivity contribution in [3.8, 4) is 0 Å². The van der Waals surface area contributed by atoms with Crippen molar-refractivity contribution in [1.82, 2.24) is 4.57 Å². The Labute approximate surface area is 137 Å². The van der Waals surface area contributed by atoms with Crippen LogP contribution in [-0.4, -0.2) is 27.4 Å². The molecule has 126 valence electrons. The van der Waals surface area contributed by atoms with Crippen molar-refractivity contribution in [2.45, 2.75) is 59.4 Å². The van der Waals surface area contributed by atoms with Gasteiger partial charge < -0.3 is 14.8 Å². The maximum atomic E-state index is 11.5. The smallest absolute Gasteiger partial charge is 0.335 e. The molecule has 0 aliphatic rings. The molecule has 4 heteroatoms. The fourth-order valence-electron chi connectivity index (χ4n) is 3.34. The van der Waals surface area contributed by atoms with Gasteiger partial charge in [0.15, 0.2) is 0 Å². The van der Waals surface area contributed by atoms with Crippen LogP contribution in [0.3, 0.4) is 0 Å². The van der Waals surface area contributed by atoms with E-state index in [9.17, 15) is 15.0 Å². The number of nitrogens with zero attached hydrogens (tertiary/aromatic N) is 1. The summed E-state index contributed by atoms with van der Waals surface area (Å²) in [6.07, 6.45) is 4.69. The lowest BCUT2D eigenvalue weighted by molar-refractivity contribution is 0.0697. The van der Waals surface area contributed by atoms with Gasteiger partial charge in [-0.1, -0.05) is 20.3 Å². The van der Waals surface area contributed by atoms with Gasteiger partial charge in [-0.05, 0) is 55.9 Å². The van der Waals surface area contributed by atoms with Crippen molar-refractivity contribution in [2.24, 2.45) is 0 Å². The van der Waals surface area contributed by atoms with Gasteiger partial charge >= 0.3 is 5.97 Å². The van der Waals surface area contributed by atoms with Gasteiger partial charge in [0.05, 0.1) is 11.1 Å². The van der Waals surface area contributed by atoms with E-state index in [1.54, 1.807) is 6.07 Å². The monoisotopic (exact) mass is 317 g/mol. The number of unbranched alkanes of at least 4 members (excludes halogenated alkanes) is 1. The predicted molar refractivity (Wildman–Crippen MR) is 93.3 cm³/mol. The van der Waals surface area contributed by atoms with Crippen molar-refractivity contribution in [1.29, 1.82) is 0 Å². The fraction of sp³-hybridized carbons (Fsp3) is 0.526.